The highest BCUT2D eigenvalue weighted by Crippen LogP contribution is 2.23. The topological polar surface area (TPSA) is 72.7 Å². The summed E-state index contributed by atoms with van der Waals surface area (Å²) in [4.78, 5) is 24.4. The molecule has 0 bridgehead atoms. The summed E-state index contributed by atoms with van der Waals surface area (Å²) in [5.74, 6) is 0.878. The quantitative estimate of drug-likeness (QED) is 0.547. The number of hydrogen-bond acceptors (Lipinski definition) is 4. The smallest absolute Gasteiger partial charge is 0.269 e. The summed E-state index contributed by atoms with van der Waals surface area (Å²) in [5.41, 5.74) is 1.92. The molecular formula is C20H24N2O4. The van der Waals surface area contributed by atoms with E-state index in [1.165, 1.54) is 22.6 Å². The Morgan fingerprint density at radius 2 is 1.77 bits per heavy atom. The maximum Gasteiger partial charge on any atom is 0.269 e. The first-order valence-electron chi connectivity index (χ1n) is 8.52. The number of hydrogen-bond donors (Lipinski definition) is 0. The summed E-state index contributed by atoms with van der Waals surface area (Å²) in [5, 5.41) is 10.9. The molecule has 1 amide bonds. The van der Waals surface area contributed by atoms with Crippen molar-refractivity contribution in [1.29, 1.82) is 0 Å². The lowest BCUT2D eigenvalue weighted by Gasteiger charge is -2.25. The van der Waals surface area contributed by atoms with Gasteiger partial charge in [-0.25, -0.2) is 0 Å². The Hall–Kier alpha value is -2.89. The van der Waals surface area contributed by atoms with Crippen molar-refractivity contribution in [1.82, 2.24) is 4.90 Å². The second-order valence-corrected chi connectivity index (χ2v) is 6.55. The molecule has 0 aliphatic rings. The number of nitro groups is 1. The zero-order chi connectivity index (χ0) is 19.3. The summed E-state index contributed by atoms with van der Waals surface area (Å²) in [6.07, 6.45) is 0. The number of non-ortho nitro benzene ring substituents is 1. The molecule has 26 heavy (non-hydrogen) atoms. The van der Waals surface area contributed by atoms with Crippen LogP contribution in [0.1, 0.15) is 43.9 Å². The lowest BCUT2D eigenvalue weighted by molar-refractivity contribution is -0.384. The maximum atomic E-state index is 12.4. The minimum atomic E-state index is -0.442. The fraction of sp³-hybridized carbons (Fsp3) is 0.350. The van der Waals surface area contributed by atoms with Gasteiger partial charge in [0.15, 0.2) is 6.61 Å². The molecule has 0 spiro atoms. The lowest BCUT2D eigenvalue weighted by atomic mass is 10.0. The van der Waals surface area contributed by atoms with Gasteiger partial charge in [-0.15, -0.1) is 0 Å². The molecule has 0 N–H and O–H groups in total. The van der Waals surface area contributed by atoms with Gasteiger partial charge in [0.05, 0.1) is 11.0 Å². The van der Waals surface area contributed by atoms with Crippen molar-refractivity contribution < 1.29 is 14.5 Å². The minimum absolute atomic E-state index is 0.0108. The van der Waals surface area contributed by atoms with Gasteiger partial charge in [-0.2, -0.15) is 0 Å². The Balaban J connectivity index is 1.98. The van der Waals surface area contributed by atoms with Crippen LogP contribution in [0.5, 0.6) is 5.75 Å². The van der Waals surface area contributed by atoms with E-state index in [9.17, 15) is 14.9 Å². The SMILES string of the molecule is CC(C)c1ccc(OCC(=O)N(C)[C@H](C)c2cccc([N+](=O)[O-])c2)cc1. The van der Waals surface area contributed by atoms with Crippen LogP contribution in [-0.2, 0) is 4.79 Å². The van der Waals surface area contributed by atoms with Crippen molar-refractivity contribution >= 4 is 11.6 Å². The number of carbonyl (C=O) groups excluding carboxylic acids is 1. The van der Waals surface area contributed by atoms with Crippen LogP contribution in [0, 0.1) is 10.1 Å². The van der Waals surface area contributed by atoms with E-state index in [0.717, 1.165) is 0 Å². The van der Waals surface area contributed by atoms with Gasteiger partial charge in [0.25, 0.3) is 11.6 Å². The summed E-state index contributed by atoms with van der Waals surface area (Å²) in [6.45, 7) is 5.97. The van der Waals surface area contributed by atoms with Crippen molar-refractivity contribution in [3.63, 3.8) is 0 Å². The Morgan fingerprint density at radius 1 is 1.12 bits per heavy atom. The van der Waals surface area contributed by atoms with Gasteiger partial charge in [0.2, 0.25) is 0 Å². The highest BCUT2D eigenvalue weighted by Gasteiger charge is 2.19. The number of rotatable bonds is 7. The summed E-state index contributed by atoms with van der Waals surface area (Å²) >= 11 is 0. The molecule has 0 unspecified atom stereocenters. The number of ether oxygens (including phenoxy) is 1. The van der Waals surface area contributed by atoms with Gasteiger partial charge < -0.3 is 9.64 Å². The normalized spacial score (nSPS) is 11.9. The van der Waals surface area contributed by atoms with Crippen LogP contribution in [0.25, 0.3) is 0 Å². The van der Waals surface area contributed by atoms with E-state index in [2.05, 4.69) is 13.8 Å². The Bertz CT molecular complexity index is 772. The molecule has 2 aromatic carbocycles. The molecule has 0 aromatic heterocycles. The zero-order valence-electron chi connectivity index (χ0n) is 15.5. The molecule has 138 valence electrons. The molecule has 6 nitrogen and oxygen atoms in total. The molecule has 0 saturated carbocycles. The predicted octanol–water partition coefficient (Wildman–Crippen LogP) is 4.32. The number of carbonyl (C=O) groups is 1. The van der Waals surface area contributed by atoms with Crippen LogP contribution in [0.2, 0.25) is 0 Å². The molecule has 0 aliphatic heterocycles. The fourth-order valence-corrected chi connectivity index (χ4v) is 2.53. The van der Waals surface area contributed by atoms with Crippen molar-refractivity contribution in [2.45, 2.75) is 32.7 Å². The Morgan fingerprint density at radius 3 is 2.35 bits per heavy atom. The second-order valence-electron chi connectivity index (χ2n) is 6.55. The lowest BCUT2D eigenvalue weighted by Crippen LogP contribution is -2.33. The third-order valence-corrected chi connectivity index (χ3v) is 4.45. The predicted molar refractivity (Wildman–Crippen MR) is 100 cm³/mol. The molecule has 0 aliphatic carbocycles. The molecule has 0 heterocycles. The van der Waals surface area contributed by atoms with Crippen molar-refractivity contribution in [3.05, 3.63) is 69.8 Å². The first-order valence-corrected chi connectivity index (χ1v) is 8.52. The standard InChI is InChI=1S/C20H24N2O4/c1-14(2)16-8-10-19(11-9-16)26-13-20(23)21(4)15(3)17-6-5-7-18(12-17)22(24)25/h5-12,14-15H,13H2,1-4H3/t15-/m1/s1. The molecule has 2 aromatic rings. The second kappa shape index (κ2) is 8.47. The average molecular weight is 356 g/mol. The third kappa shape index (κ3) is 4.81. The summed E-state index contributed by atoms with van der Waals surface area (Å²) in [7, 11) is 1.66. The minimum Gasteiger partial charge on any atom is -0.484 e. The number of nitrogens with zero attached hydrogens (tertiary/aromatic N) is 2. The van der Waals surface area contributed by atoms with E-state index >= 15 is 0 Å². The van der Waals surface area contributed by atoms with E-state index in [1.54, 1.807) is 19.2 Å². The first kappa shape index (κ1) is 19.4. The van der Waals surface area contributed by atoms with E-state index < -0.39 is 4.92 Å². The van der Waals surface area contributed by atoms with Gasteiger partial charge in [-0.3, -0.25) is 14.9 Å². The Labute approximate surface area is 153 Å². The van der Waals surface area contributed by atoms with Crippen molar-refractivity contribution in [2.75, 3.05) is 13.7 Å². The molecule has 0 fully saturated rings. The highest BCUT2D eigenvalue weighted by molar-refractivity contribution is 5.78. The maximum absolute atomic E-state index is 12.4. The van der Waals surface area contributed by atoms with Crippen LogP contribution < -0.4 is 4.74 Å². The van der Waals surface area contributed by atoms with E-state index in [1.807, 2.05) is 31.2 Å². The monoisotopic (exact) mass is 356 g/mol. The van der Waals surface area contributed by atoms with Gasteiger partial charge in [0.1, 0.15) is 5.75 Å². The number of likely N-dealkylation sites (N-methyl/N-ethyl adjacent to an activating group) is 1. The van der Waals surface area contributed by atoms with E-state index in [-0.39, 0.29) is 24.2 Å². The molecule has 6 heteroatoms. The van der Waals surface area contributed by atoms with Crippen LogP contribution in [-0.4, -0.2) is 29.4 Å². The molecular weight excluding hydrogens is 332 g/mol. The number of benzene rings is 2. The molecule has 0 saturated heterocycles. The highest BCUT2D eigenvalue weighted by atomic mass is 16.6. The van der Waals surface area contributed by atoms with Gasteiger partial charge in [0, 0.05) is 19.2 Å². The fourth-order valence-electron chi connectivity index (χ4n) is 2.53. The number of nitro benzene ring substituents is 1. The van der Waals surface area contributed by atoms with E-state index in [4.69, 9.17) is 4.74 Å². The third-order valence-electron chi connectivity index (χ3n) is 4.45. The Kier molecular flexibility index (Phi) is 6.33. The summed E-state index contributed by atoms with van der Waals surface area (Å²) < 4.78 is 5.57. The molecule has 0 radical (unpaired) electrons. The van der Waals surface area contributed by atoms with Gasteiger partial charge >= 0.3 is 0 Å². The van der Waals surface area contributed by atoms with E-state index in [0.29, 0.717) is 17.2 Å². The number of amides is 1. The van der Waals surface area contributed by atoms with Crippen molar-refractivity contribution in [2.24, 2.45) is 0 Å². The first-order chi connectivity index (χ1) is 12.3. The van der Waals surface area contributed by atoms with Crippen LogP contribution in [0.4, 0.5) is 5.69 Å². The average Bonchev–Trinajstić information content (AvgIpc) is 2.65. The van der Waals surface area contributed by atoms with Crippen molar-refractivity contribution in [3.8, 4) is 5.75 Å². The van der Waals surface area contributed by atoms with Crippen LogP contribution in [0.15, 0.2) is 48.5 Å². The van der Waals surface area contributed by atoms with Crippen LogP contribution >= 0.6 is 0 Å². The largest absolute Gasteiger partial charge is 0.484 e. The van der Waals surface area contributed by atoms with Gasteiger partial charge in [-0.1, -0.05) is 38.1 Å². The molecule has 1 atom stereocenters. The molecule has 2 rings (SSSR count). The summed E-state index contributed by atoms with van der Waals surface area (Å²) in [6, 6.07) is 13.7. The van der Waals surface area contributed by atoms with Gasteiger partial charge in [-0.05, 0) is 36.1 Å². The zero-order valence-corrected chi connectivity index (χ0v) is 15.5. The van der Waals surface area contributed by atoms with Crippen LogP contribution in [0.3, 0.4) is 0 Å².